The number of hydrogen-bond acceptors (Lipinski definition) is 7. The number of amides is 2. The molecule has 31 heavy (non-hydrogen) atoms. The zero-order valence-corrected chi connectivity index (χ0v) is 18.3. The van der Waals surface area contributed by atoms with Crippen LogP contribution in [0.3, 0.4) is 0 Å². The molecule has 4 N–H and O–H groups in total. The fourth-order valence-corrected chi connectivity index (χ4v) is 3.83. The van der Waals surface area contributed by atoms with Crippen molar-refractivity contribution in [3.05, 3.63) is 65.4 Å². The number of hydrogen-bond donors (Lipinski definition) is 3. The van der Waals surface area contributed by atoms with Gasteiger partial charge in [-0.1, -0.05) is 30.0 Å². The third-order valence-electron chi connectivity index (χ3n) is 4.58. The summed E-state index contributed by atoms with van der Waals surface area (Å²) in [5.41, 5.74) is 7.71. The van der Waals surface area contributed by atoms with E-state index in [9.17, 15) is 9.59 Å². The molecular formula is C22H24N4O4S. The Hall–Kier alpha value is -3.46. The Morgan fingerprint density at radius 3 is 2.55 bits per heavy atom. The number of thioether (sulfide) groups is 1. The molecular weight excluding hydrogens is 416 g/mol. The van der Waals surface area contributed by atoms with E-state index in [1.807, 2.05) is 36.4 Å². The number of rotatable bonds is 7. The fourth-order valence-electron chi connectivity index (χ4n) is 3.14. The van der Waals surface area contributed by atoms with Gasteiger partial charge in [0.25, 0.3) is 5.91 Å². The number of nitrogens with one attached hydrogen (secondary N) is 2. The van der Waals surface area contributed by atoms with Crippen LogP contribution in [0.1, 0.15) is 18.5 Å². The molecule has 0 aromatic heterocycles. The van der Waals surface area contributed by atoms with E-state index in [1.165, 1.54) is 11.8 Å². The Balaban J connectivity index is 2.02. The predicted octanol–water partition coefficient (Wildman–Crippen LogP) is 2.84. The summed E-state index contributed by atoms with van der Waals surface area (Å²) in [5, 5.41) is 6.52. The first-order valence-corrected chi connectivity index (χ1v) is 10.5. The van der Waals surface area contributed by atoms with Gasteiger partial charge in [-0.3, -0.25) is 9.59 Å². The first-order chi connectivity index (χ1) is 14.9. The van der Waals surface area contributed by atoms with E-state index in [1.54, 1.807) is 33.3 Å². The highest BCUT2D eigenvalue weighted by Gasteiger charge is 2.31. The number of carbonyl (C=O) groups is 2. The molecule has 9 heteroatoms. The molecule has 162 valence electrons. The molecule has 3 rings (SSSR count). The van der Waals surface area contributed by atoms with Gasteiger partial charge in [0.1, 0.15) is 17.5 Å². The zero-order chi connectivity index (χ0) is 22.4. The second-order valence-corrected chi connectivity index (χ2v) is 7.65. The Morgan fingerprint density at radius 2 is 1.90 bits per heavy atom. The number of nitrogens with zero attached hydrogens (tertiary/aromatic N) is 1. The van der Waals surface area contributed by atoms with Crippen LogP contribution in [0.4, 0.5) is 5.69 Å². The quantitative estimate of drug-likeness (QED) is 0.610. The summed E-state index contributed by atoms with van der Waals surface area (Å²) in [6.45, 7) is 1.79. The first-order valence-electron chi connectivity index (χ1n) is 9.48. The summed E-state index contributed by atoms with van der Waals surface area (Å²) in [7, 11) is 3.12. The van der Waals surface area contributed by atoms with Gasteiger partial charge in [-0.15, -0.1) is 0 Å². The second-order valence-electron chi connectivity index (χ2n) is 6.68. The highest BCUT2D eigenvalue weighted by atomic mass is 32.2. The molecule has 0 unspecified atom stereocenters. The number of benzene rings is 2. The minimum atomic E-state index is -0.652. The largest absolute Gasteiger partial charge is 0.497 e. The van der Waals surface area contributed by atoms with E-state index in [-0.39, 0.29) is 11.7 Å². The monoisotopic (exact) mass is 440 g/mol. The lowest BCUT2D eigenvalue weighted by Gasteiger charge is -2.27. The highest BCUT2D eigenvalue weighted by Crippen LogP contribution is 2.39. The number of amidine groups is 1. The Bertz CT molecular complexity index is 1040. The van der Waals surface area contributed by atoms with Crippen molar-refractivity contribution < 1.29 is 19.1 Å². The van der Waals surface area contributed by atoms with Crippen molar-refractivity contribution >= 4 is 34.4 Å². The van der Waals surface area contributed by atoms with Crippen LogP contribution < -0.4 is 25.8 Å². The molecule has 0 aliphatic carbocycles. The number of anilines is 1. The molecule has 0 spiro atoms. The molecule has 1 aliphatic rings. The number of ether oxygens (including phenoxy) is 2. The van der Waals surface area contributed by atoms with Crippen LogP contribution in [0.2, 0.25) is 0 Å². The van der Waals surface area contributed by atoms with E-state index in [2.05, 4.69) is 10.6 Å². The summed E-state index contributed by atoms with van der Waals surface area (Å²) in [4.78, 5) is 29.2. The minimum absolute atomic E-state index is 0.0666. The molecule has 0 radical (unpaired) electrons. The van der Waals surface area contributed by atoms with E-state index in [4.69, 9.17) is 20.2 Å². The van der Waals surface area contributed by atoms with Crippen molar-refractivity contribution in [3.63, 3.8) is 0 Å². The molecule has 0 saturated heterocycles. The van der Waals surface area contributed by atoms with Crippen LogP contribution >= 0.6 is 11.8 Å². The molecule has 0 bridgehead atoms. The summed E-state index contributed by atoms with van der Waals surface area (Å²) in [6.07, 6.45) is 0. The van der Waals surface area contributed by atoms with Crippen molar-refractivity contribution in [2.75, 3.05) is 25.3 Å². The molecule has 1 atom stereocenters. The van der Waals surface area contributed by atoms with Gasteiger partial charge in [0.15, 0.2) is 5.17 Å². The molecule has 0 fully saturated rings. The SMILES string of the molecule is COc1ccc([C@H]2N=C(SCC(N)=O)NC(C)=C2C(=O)Nc2ccccc2)c(OC)c1. The van der Waals surface area contributed by atoms with E-state index in [0.717, 1.165) is 0 Å². The van der Waals surface area contributed by atoms with E-state index < -0.39 is 11.9 Å². The average molecular weight is 441 g/mol. The van der Waals surface area contributed by atoms with Crippen LogP contribution in [0.5, 0.6) is 11.5 Å². The summed E-state index contributed by atoms with van der Waals surface area (Å²) < 4.78 is 10.8. The summed E-state index contributed by atoms with van der Waals surface area (Å²) >= 11 is 1.18. The zero-order valence-electron chi connectivity index (χ0n) is 17.5. The Morgan fingerprint density at radius 1 is 1.16 bits per heavy atom. The van der Waals surface area contributed by atoms with Crippen molar-refractivity contribution in [1.82, 2.24) is 5.32 Å². The summed E-state index contributed by atoms with van der Waals surface area (Å²) in [5.74, 6) is 0.478. The minimum Gasteiger partial charge on any atom is -0.497 e. The molecule has 2 aromatic rings. The second kappa shape index (κ2) is 10.0. The van der Waals surface area contributed by atoms with Crippen LogP contribution in [-0.2, 0) is 9.59 Å². The number of primary amides is 1. The average Bonchev–Trinajstić information content (AvgIpc) is 2.77. The number of carbonyl (C=O) groups excluding carboxylic acids is 2. The van der Waals surface area contributed by atoms with Crippen molar-refractivity contribution in [2.24, 2.45) is 10.7 Å². The molecule has 1 aliphatic heterocycles. The lowest BCUT2D eigenvalue weighted by atomic mass is 9.95. The normalized spacial score (nSPS) is 15.6. The Kier molecular flexibility index (Phi) is 7.19. The molecule has 2 aromatic carbocycles. The van der Waals surface area contributed by atoms with Crippen molar-refractivity contribution in [1.29, 1.82) is 0 Å². The number of nitrogens with two attached hydrogens (primary N) is 1. The lowest BCUT2D eigenvalue weighted by Crippen LogP contribution is -2.33. The smallest absolute Gasteiger partial charge is 0.255 e. The number of methoxy groups -OCH3 is 2. The molecule has 0 saturated carbocycles. The van der Waals surface area contributed by atoms with Crippen LogP contribution in [0.25, 0.3) is 0 Å². The third kappa shape index (κ3) is 5.37. The standard InChI is InChI=1S/C22H24N4O4S/c1-13-19(21(28)25-14-7-5-4-6-8-14)20(26-22(24-13)31-12-18(23)27)16-10-9-15(29-2)11-17(16)30-3/h4-11,20H,12H2,1-3H3,(H2,23,27)(H,24,26)(H,25,28)/t20-/m1/s1. The van der Waals surface area contributed by atoms with E-state index in [0.29, 0.717) is 39.2 Å². The first kappa shape index (κ1) is 22.2. The van der Waals surface area contributed by atoms with E-state index >= 15 is 0 Å². The van der Waals surface area contributed by atoms with Gasteiger partial charge in [-0.05, 0) is 31.2 Å². The topological polar surface area (TPSA) is 115 Å². The van der Waals surface area contributed by atoms with Gasteiger partial charge in [-0.2, -0.15) is 0 Å². The van der Waals surface area contributed by atoms with Gasteiger partial charge < -0.3 is 25.8 Å². The van der Waals surface area contributed by atoms with Crippen molar-refractivity contribution in [2.45, 2.75) is 13.0 Å². The van der Waals surface area contributed by atoms with Gasteiger partial charge in [0.2, 0.25) is 5.91 Å². The maximum absolute atomic E-state index is 13.2. The Labute approximate surface area is 184 Å². The molecule has 1 heterocycles. The van der Waals surface area contributed by atoms with Crippen LogP contribution in [-0.4, -0.2) is 37.0 Å². The van der Waals surface area contributed by atoms with Crippen LogP contribution in [0.15, 0.2) is 64.8 Å². The molecule has 2 amide bonds. The maximum atomic E-state index is 13.2. The number of para-hydroxylation sites is 1. The highest BCUT2D eigenvalue weighted by molar-refractivity contribution is 8.14. The van der Waals surface area contributed by atoms with Gasteiger partial charge in [0, 0.05) is 23.0 Å². The lowest BCUT2D eigenvalue weighted by molar-refractivity contribution is -0.115. The van der Waals surface area contributed by atoms with Crippen LogP contribution in [0, 0.1) is 0 Å². The fraction of sp³-hybridized carbons (Fsp3) is 0.227. The van der Waals surface area contributed by atoms with Gasteiger partial charge >= 0.3 is 0 Å². The molecule has 8 nitrogen and oxygen atoms in total. The van der Waals surface area contributed by atoms with Gasteiger partial charge in [-0.25, -0.2) is 4.99 Å². The number of allylic oxidation sites excluding steroid dienone is 1. The van der Waals surface area contributed by atoms with Crippen molar-refractivity contribution in [3.8, 4) is 11.5 Å². The van der Waals surface area contributed by atoms with Gasteiger partial charge in [0.05, 0.1) is 25.5 Å². The predicted molar refractivity (Wildman–Crippen MR) is 122 cm³/mol. The third-order valence-corrected chi connectivity index (χ3v) is 5.49. The number of aliphatic imine (C=N–C) groups is 1. The maximum Gasteiger partial charge on any atom is 0.255 e. The summed E-state index contributed by atoms with van der Waals surface area (Å²) in [6, 6.07) is 13.9.